The second-order valence-corrected chi connectivity index (χ2v) is 5.22. The molecule has 0 bridgehead atoms. The van der Waals surface area contributed by atoms with E-state index in [1.807, 2.05) is 18.2 Å². The molecule has 94 valence electrons. The predicted molar refractivity (Wildman–Crippen MR) is 76.1 cm³/mol. The van der Waals surface area contributed by atoms with Gasteiger partial charge >= 0.3 is 0 Å². The molecule has 0 aliphatic heterocycles. The molecular formula is C17H15NO. The Labute approximate surface area is 112 Å². The van der Waals surface area contributed by atoms with Crippen molar-refractivity contribution in [1.29, 1.82) is 0 Å². The topological polar surface area (TPSA) is 26.0 Å². The SMILES string of the molecule is c1ccc(-c2noc3cc4c(cc23)CCCC4)cc1. The summed E-state index contributed by atoms with van der Waals surface area (Å²) in [7, 11) is 0. The summed E-state index contributed by atoms with van der Waals surface area (Å²) in [6.45, 7) is 0. The van der Waals surface area contributed by atoms with E-state index in [4.69, 9.17) is 4.52 Å². The first-order valence-electron chi connectivity index (χ1n) is 6.88. The molecular weight excluding hydrogens is 234 g/mol. The smallest absolute Gasteiger partial charge is 0.167 e. The minimum atomic E-state index is 0.916. The lowest BCUT2D eigenvalue weighted by Gasteiger charge is -2.14. The summed E-state index contributed by atoms with van der Waals surface area (Å²) >= 11 is 0. The van der Waals surface area contributed by atoms with Crippen LogP contribution in [-0.4, -0.2) is 5.16 Å². The summed E-state index contributed by atoms with van der Waals surface area (Å²) in [5.41, 5.74) is 5.91. The number of nitrogens with zero attached hydrogens (tertiary/aromatic N) is 1. The number of benzene rings is 2. The molecule has 0 atom stereocenters. The lowest BCUT2D eigenvalue weighted by Crippen LogP contribution is -2.01. The normalized spacial score (nSPS) is 14.5. The molecule has 2 nitrogen and oxygen atoms in total. The molecule has 0 radical (unpaired) electrons. The molecule has 2 aromatic carbocycles. The second kappa shape index (κ2) is 4.23. The number of aromatic nitrogens is 1. The lowest BCUT2D eigenvalue weighted by atomic mass is 9.90. The summed E-state index contributed by atoms with van der Waals surface area (Å²) in [4.78, 5) is 0. The van der Waals surface area contributed by atoms with Crippen molar-refractivity contribution in [1.82, 2.24) is 5.16 Å². The van der Waals surface area contributed by atoms with Crippen LogP contribution in [-0.2, 0) is 12.8 Å². The minimum Gasteiger partial charge on any atom is -0.356 e. The van der Waals surface area contributed by atoms with E-state index in [1.165, 1.54) is 36.8 Å². The molecule has 2 heteroatoms. The van der Waals surface area contributed by atoms with Gasteiger partial charge < -0.3 is 4.52 Å². The van der Waals surface area contributed by atoms with Crippen LogP contribution in [0.1, 0.15) is 24.0 Å². The van der Waals surface area contributed by atoms with Crippen molar-refractivity contribution in [2.45, 2.75) is 25.7 Å². The molecule has 1 heterocycles. The summed E-state index contributed by atoms with van der Waals surface area (Å²) < 4.78 is 5.52. The third-order valence-electron chi connectivity index (χ3n) is 3.98. The highest BCUT2D eigenvalue weighted by molar-refractivity contribution is 5.92. The average molecular weight is 249 g/mol. The Morgan fingerprint density at radius 3 is 2.42 bits per heavy atom. The van der Waals surface area contributed by atoms with Crippen molar-refractivity contribution in [3.8, 4) is 11.3 Å². The van der Waals surface area contributed by atoms with Gasteiger partial charge in [0.1, 0.15) is 5.69 Å². The Balaban J connectivity index is 1.94. The van der Waals surface area contributed by atoms with Gasteiger partial charge in [0.25, 0.3) is 0 Å². The van der Waals surface area contributed by atoms with Crippen molar-refractivity contribution in [2.75, 3.05) is 0 Å². The van der Waals surface area contributed by atoms with Gasteiger partial charge in [-0.15, -0.1) is 0 Å². The lowest BCUT2D eigenvalue weighted by molar-refractivity contribution is 0.459. The minimum absolute atomic E-state index is 0.916. The van der Waals surface area contributed by atoms with Crippen molar-refractivity contribution in [3.05, 3.63) is 53.6 Å². The maximum absolute atomic E-state index is 5.52. The van der Waals surface area contributed by atoms with Crippen LogP contribution in [0.3, 0.4) is 0 Å². The highest BCUT2D eigenvalue weighted by Gasteiger charge is 2.16. The molecule has 19 heavy (non-hydrogen) atoms. The zero-order chi connectivity index (χ0) is 12.7. The van der Waals surface area contributed by atoms with Crippen molar-refractivity contribution in [3.63, 3.8) is 0 Å². The maximum atomic E-state index is 5.52. The van der Waals surface area contributed by atoms with E-state index in [2.05, 4.69) is 29.4 Å². The molecule has 0 spiro atoms. The van der Waals surface area contributed by atoms with Crippen molar-refractivity contribution < 1.29 is 4.52 Å². The summed E-state index contributed by atoms with van der Waals surface area (Å²) in [6.07, 6.45) is 4.94. The zero-order valence-electron chi connectivity index (χ0n) is 10.7. The number of hydrogen-bond acceptors (Lipinski definition) is 2. The quantitative estimate of drug-likeness (QED) is 0.640. The first-order chi connectivity index (χ1) is 9.42. The molecule has 0 N–H and O–H groups in total. The van der Waals surface area contributed by atoms with Gasteiger partial charge in [0, 0.05) is 10.9 Å². The molecule has 1 aliphatic carbocycles. The van der Waals surface area contributed by atoms with E-state index in [9.17, 15) is 0 Å². The molecule has 0 saturated carbocycles. The van der Waals surface area contributed by atoms with Crippen molar-refractivity contribution in [2.24, 2.45) is 0 Å². The predicted octanol–water partition coefficient (Wildman–Crippen LogP) is 4.37. The Morgan fingerprint density at radius 1 is 0.895 bits per heavy atom. The van der Waals surface area contributed by atoms with E-state index < -0.39 is 0 Å². The molecule has 4 rings (SSSR count). The number of rotatable bonds is 1. The summed E-state index contributed by atoms with van der Waals surface area (Å²) in [5.74, 6) is 0. The number of hydrogen-bond donors (Lipinski definition) is 0. The van der Waals surface area contributed by atoms with Crippen molar-refractivity contribution >= 4 is 11.0 Å². The van der Waals surface area contributed by atoms with Crippen LogP contribution >= 0.6 is 0 Å². The van der Waals surface area contributed by atoms with Gasteiger partial charge in [-0.05, 0) is 48.9 Å². The van der Waals surface area contributed by atoms with Crippen LogP contribution in [0.2, 0.25) is 0 Å². The Hall–Kier alpha value is -2.09. The van der Waals surface area contributed by atoms with E-state index >= 15 is 0 Å². The monoisotopic (exact) mass is 249 g/mol. The Morgan fingerprint density at radius 2 is 1.63 bits per heavy atom. The summed E-state index contributed by atoms with van der Waals surface area (Å²) in [5, 5.41) is 5.41. The summed E-state index contributed by atoms with van der Waals surface area (Å²) in [6, 6.07) is 14.7. The number of fused-ring (bicyclic) bond motifs is 2. The number of aryl methyl sites for hydroxylation is 2. The van der Waals surface area contributed by atoms with Crippen LogP contribution in [0, 0.1) is 0 Å². The molecule has 0 amide bonds. The molecule has 0 unspecified atom stereocenters. The maximum Gasteiger partial charge on any atom is 0.167 e. The molecule has 0 saturated heterocycles. The molecule has 0 fully saturated rings. The van der Waals surface area contributed by atoms with Crippen LogP contribution in [0.15, 0.2) is 47.0 Å². The zero-order valence-corrected chi connectivity index (χ0v) is 10.7. The highest BCUT2D eigenvalue weighted by Crippen LogP contribution is 2.32. The van der Waals surface area contributed by atoms with Gasteiger partial charge in [-0.3, -0.25) is 0 Å². The highest BCUT2D eigenvalue weighted by atomic mass is 16.5. The molecule has 1 aromatic heterocycles. The Bertz CT molecular complexity index is 728. The van der Waals surface area contributed by atoms with Gasteiger partial charge in [0.2, 0.25) is 0 Å². The largest absolute Gasteiger partial charge is 0.356 e. The van der Waals surface area contributed by atoms with Crippen LogP contribution in [0.4, 0.5) is 0 Å². The third kappa shape index (κ3) is 1.75. The first kappa shape index (κ1) is 10.8. The van der Waals surface area contributed by atoms with Crippen LogP contribution in [0.25, 0.3) is 22.2 Å². The second-order valence-electron chi connectivity index (χ2n) is 5.22. The molecule has 1 aliphatic rings. The fourth-order valence-corrected chi connectivity index (χ4v) is 2.97. The van der Waals surface area contributed by atoms with Gasteiger partial charge in [-0.2, -0.15) is 0 Å². The van der Waals surface area contributed by atoms with Gasteiger partial charge in [-0.25, -0.2) is 0 Å². The van der Waals surface area contributed by atoms with Gasteiger partial charge in [0.05, 0.1) is 0 Å². The van der Waals surface area contributed by atoms with Crippen LogP contribution < -0.4 is 0 Å². The van der Waals surface area contributed by atoms with Gasteiger partial charge in [-0.1, -0.05) is 35.5 Å². The van der Waals surface area contributed by atoms with Gasteiger partial charge in [0.15, 0.2) is 5.58 Å². The van der Waals surface area contributed by atoms with E-state index in [0.717, 1.165) is 22.2 Å². The van der Waals surface area contributed by atoms with E-state index in [1.54, 1.807) is 0 Å². The fourth-order valence-electron chi connectivity index (χ4n) is 2.97. The average Bonchev–Trinajstić information content (AvgIpc) is 2.88. The third-order valence-corrected chi connectivity index (χ3v) is 3.98. The Kier molecular flexibility index (Phi) is 2.41. The first-order valence-corrected chi connectivity index (χ1v) is 6.88. The standard InChI is InChI=1S/C17H15NO/c1-2-6-12(7-3-1)17-15-10-13-8-4-5-9-14(13)11-16(15)19-18-17/h1-3,6-7,10-11H,4-5,8-9H2. The van der Waals surface area contributed by atoms with E-state index in [0.29, 0.717) is 0 Å². The fraction of sp³-hybridized carbons (Fsp3) is 0.235. The molecule has 3 aromatic rings. The van der Waals surface area contributed by atoms with E-state index in [-0.39, 0.29) is 0 Å². The van der Waals surface area contributed by atoms with Crippen LogP contribution in [0.5, 0.6) is 0 Å².